The Kier molecular flexibility index (Phi) is 4.66. The number of hydrogen-bond donors (Lipinski definition) is 0. The first-order valence-corrected chi connectivity index (χ1v) is 6.74. The monoisotopic (exact) mass is 271 g/mol. The Morgan fingerprint density at radius 1 is 1.56 bits per heavy atom. The first-order valence-electron chi connectivity index (χ1n) is 6.20. The Bertz CT molecular complexity index is 380. The van der Waals surface area contributed by atoms with Gasteiger partial charge in [0.05, 0.1) is 24.4 Å². The van der Waals surface area contributed by atoms with Gasteiger partial charge in [-0.05, 0) is 19.1 Å². The van der Waals surface area contributed by atoms with Gasteiger partial charge in [-0.25, -0.2) is 0 Å². The number of carbonyl (C=O) groups is 1. The van der Waals surface area contributed by atoms with Gasteiger partial charge in [0.15, 0.2) is 0 Å². The van der Waals surface area contributed by atoms with Gasteiger partial charge in [0, 0.05) is 25.9 Å². The van der Waals surface area contributed by atoms with Gasteiger partial charge >= 0.3 is 0 Å². The van der Waals surface area contributed by atoms with Gasteiger partial charge in [-0.3, -0.25) is 4.79 Å². The van der Waals surface area contributed by atoms with Crippen molar-refractivity contribution in [3.63, 3.8) is 0 Å². The number of alkyl halides is 1. The van der Waals surface area contributed by atoms with E-state index < -0.39 is 0 Å². The van der Waals surface area contributed by atoms with Crippen molar-refractivity contribution in [2.45, 2.75) is 32.0 Å². The minimum absolute atomic E-state index is 0.0510. The summed E-state index contributed by atoms with van der Waals surface area (Å²) in [5, 5.41) is 0. The second kappa shape index (κ2) is 6.25. The van der Waals surface area contributed by atoms with E-state index in [2.05, 4.69) is 0 Å². The molecule has 1 saturated heterocycles. The normalized spacial score (nSPS) is 24.2. The summed E-state index contributed by atoms with van der Waals surface area (Å²) in [4.78, 5) is 13.9. The van der Waals surface area contributed by atoms with E-state index in [0.29, 0.717) is 31.8 Å². The van der Waals surface area contributed by atoms with Gasteiger partial charge in [0.25, 0.3) is 0 Å². The Hall–Kier alpha value is -1.00. The lowest BCUT2D eigenvalue weighted by Crippen LogP contribution is -2.49. The molecule has 1 amide bonds. The zero-order valence-corrected chi connectivity index (χ0v) is 11.2. The molecule has 0 spiro atoms. The number of carbonyl (C=O) groups excluding carboxylic acids is 1. The van der Waals surface area contributed by atoms with Crippen molar-refractivity contribution >= 4 is 17.5 Å². The fraction of sp³-hybridized carbons (Fsp3) is 0.615. The summed E-state index contributed by atoms with van der Waals surface area (Å²) in [5.74, 6) is 1.40. The molecule has 0 N–H and O–H groups in total. The molecule has 2 heterocycles. The van der Waals surface area contributed by atoms with Crippen LogP contribution in [0.1, 0.15) is 19.1 Å². The third-order valence-corrected chi connectivity index (χ3v) is 3.36. The molecule has 1 aliphatic heterocycles. The number of furan rings is 1. The molecular formula is C13H18ClNO3. The Morgan fingerprint density at radius 3 is 3.06 bits per heavy atom. The molecule has 0 bridgehead atoms. The Labute approximate surface area is 112 Å². The summed E-state index contributed by atoms with van der Waals surface area (Å²) in [5.41, 5.74) is 0. The van der Waals surface area contributed by atoms with Crippen LogP contribution in [0.4, 0.5) is 0 Å². The van der Waals surface area contributed by atoms with Crippen LogP contribution >= 0.6 is 11.6 Å². The lowest BCUT2D eigenvalue weighted by atomic mass is 10.2. The highest BCUT2D eigenvalue weighted by atomic mass is 35.5. The van der Waals surface area contributed by atoms with Gasteiger partial charge in [0.2, 0.25) is 5.91 Å². The van der Waals surface area contributed by atoms with Crippen LogP contribution in [0.2, 0.25) is 0 Å². The molecule has 1 aliphatic rings. The Balaban J connectivity index is 1.84. The van der Waals surface area contributed by atoms with E-state index >= 15 is 0 Å². The summed E-state index contributed by atoms with van der Waals surface area (Å²) < 4.78 is 10.8. The van der Waals surface area contributed by atoms with E-state index in [1.807, 2.05) is 24.0 Å². The standard InChI is InChI=1S/C13H18ClNO3/c1-10-8-15(9-12(7-14)18-10)13(16)5-4-11-3-2-6-17-11/h2-3,6,10,12H,4-5,7-9H2,1H3. The van der Waals surface area contributed by atoms with Crippen molar-refractivity contribution in [2.24, 2.45) is 0 Å². The van der Waals surface area contributed by atoms with Gasteiger partial charge in [0.1, 0.15) is 5.76 Å². The quantitative estimate of drug-likeness (QED) is 0.788. The summed E-state index contributed by atoms with van der Waals surface area (Å²) in [6.45, 7) is 3.20. The van der Waals surface area contributed by atoms with Crippen LogP contribution in [0.5, 0.6) is 0 Å². The van der Waals surface area contributed by atoms with Crippen molar-refractivity contribution < 1.29 is 13.9 Å². The maximum absolute atomic E-state index is 12.1. The molecule has 1 aromatic heterocycles. The lowest BCUT2D eigenvalue weighted by molar-refractivity contribution is -0.142. The number of amides is 1. The molecule has 2 rings (SSSR count). The zero-order valence-electron chi connectivity index (χ0n) is 10.5. The summed E-state index contributed by atoms with van der Waals surface area (Å²) in [7, 11) is 0. The van der Waals surface area contributed by atoms with Crippen LogP contribution in [-0.4, -0.2) is 42.0 Å². The van der Waals surface area contributed by atoms with Crippen molar-refractivity contribution in [3.05, 3.63) is 24.2 Å². The molecule has 0 radical (unpaired) electrons. The first-order chi connectivity index (χ1) is 8.69. The zero-order chi connectivity index (χ0) is 13.0. The highest BCUT2D eigenvalue weighted by Gasteiger charge is 2.27. The van der Waals surface area contributed by atoms with E-state index in [1.54, 1.807) is 6.26 Å². The molecule has 1 aromatic rings. The smallest absolute Gasteiger partial charge is 0.223 e. The third kappa shape index (κ3) is 3.50. The molecule has 0 aliphatic carbocycles. The number of hydrogen-bond acceptors (Lipinski definition) is 3. The molecule has 5 heteroatoms. The first kappa shape index (κ1) is 13.4. The fourth-order valence-corrected chi connectivity index (χ4v) is 2.35. The van der Waals surface area contributed by atoms with E-state index in [9.17, 15) is 4.79 Å². The largest absolute Gasteiger partial charge is 0.469 e. The van der Waals surface area contributed by atoms with Crippen molar-refractivity contribution in [3.8, 4) is 0 Å². The highest BCUT2D eigenvalue weighted by Crippen LogP contribution is 2.14. The van der Waals surface area contributed by atoms with Crippen LogP contribution in [0, 0.1) is 0 Å². The predicted molar refractivity (Wildman–Crippen MR) is 68.7 cm³/mol. The lowest BCUT2D eigenvalue weighted by Gasteiger charge is -2.36. The second-order valence-corrected chi connectivity index (χ2v) is 4.91. The molecule has 0 saturated carbocycles. The van der Waals surface area contributed by atoms with E-state index in [0.717, 1.165) is 5.76 Å². The highest BCUT2D eigenvalue weighted by molar-refractivity contribution is 6.18. The maximum Gasteiger partial charge on any atom is 0.223 e. The van der Waals surface area contributed by atoms with Crippen molar-refractivity contribution in [2.75, 3.05) is 19.0 Å². The molecule has 0 aromatic carbocycles. The molecule has 4 nitrogen and oxygen atoms in total. The van der Waals surface area contributed by atoms with Gasteiger partial charge in [-0.2, -0.15) is 0 Å². The summed E-state index contributed by atoms with van der Waals surface area (Å²) in [6, 6.07) is 3.72. The Morgan fingerprint density at radius 2 is 2.39 bits per heavy atom. The summed E-state index contributed by atoms with van der Waals surface area (Å²) >= 11 is 5.80. The topological polar surface area (TPSA) is 42.7 Å². The fourth-order valence-electron chi connectivity index (χ4n) is 2.18. The molecule has 18 heavy (non-hydrogen) atoms. The minimum Gasteiger partial charge on any atom is -0.469 e. The van der Waals surface area contributed by atoms with Crippen LogP contribution in [-0.2, 0) is 16.0 Å². The third-order valence-electron chi connectivity index (χ3n) is 3.02. The molecule has 100 valence electrons. The number of halogens is 1. The maximum atomic E-state index is 12.1. The molecule has 2 unspecified atom stereocenters. The minimum atomic E-state index is -0.0528. The number of ether oxygens (including phenoxy) is 1. The van der Waals surface area contributed by atoms with Crippen LogP contribution < -0.4 is 0 Å². The average Bonchev–Trinajstić information content (AvgIpc) is 2.88. The number of morpholine rings is 1. The van der Waals surface area contributed by atoms with E-state index in [1.165, 1.54) is 0 Å². The van der Waals surface area contributed by atoms with Crippen LogP contribution in [0.3, 0.4) is 0 Å². The van der Waals surface area contributed by atoms with Gasteiger partial charge < -0.3 is 14.1 Å². The van der Waals surface area contributed by atoms with Crippen molar-refractivity contribution in [1.29, 1.82) is 0 Å². The SMILES string of the molecule is CC1CN(C(=O)CCc2ccco2)CC(CCl)O1. The van der Waals surface area contributed by atoms with E-state index in [4.69, 9.17) is 20.8 Å². The van der Waals surface area contributed by atoms with Crippen molar-refractivity contribution in [1.82, 2.24) is 4.90 Å². The molecule has 2 atom stereocenters. The molecular weight excluding hydrogens is 254 g/mol. The number of nitrogens with zero attached hydrogens (tertiary/aromatic N) is 1. The second-order valence-electron chi connectivity index (χ2n) is 4.60. The van der Waals surface area contributed by atoms with Gasteiger partial charge in [-0.1, -0.05) is 0 Å². The summed E-state index contributed by atoms with van der Waals surface area (Å²) in [6.07, 6.45) is 2.73. The van der Waals surface area contributed by atoms with Crippen LogP contribution in [0.15, 0.2) is 22.8 Å². The number of rotatable bonds is 4. The van der Waals surface area contributed by atoms with E-state index in [-0.39, 0.29) is 18.1 Å². The predicted octanol–water partition coefficient (Wildman–Crippen LogP) is 2.07. The van der Waals surface area contributed by atoms with Crippen LogP contribution in [0.25, 0.3) is 0 Å². The number of aryl methyl sites for hydroxylation is 1. The average molecular weight is 272 g/mol. The molecule has 1 fully saturated rings. The van der Waals surface area contributed by atoms with Gasteiger partial charge in [-0.15, -0.1) is 11.6 Å².